The number of hydrogen-bond donors (Lipinski definition) is 1. The molecule has 0 radical (unpaired) electrons. The monoisotopic (exact) mass is 277 g/mol. The molecule has 0 aliphatic carbocycles. The molecular formula is C15H20ClN3. The van der Waals surface area contributed by atoms with E-state index in [1.807, 2.05) is 6.07 Å². The number of halogens is 1. The molecule has 102 valence electrons. The Hall–Kier alpha value is -1.06. The molecule has 0 saturated carbocycles. The predicted octanol–water partition coefficient (Wildman–Crippen LogP) is 3.63. The van der Waals surface area contributed by atoms with Crippen molar-refractivity contribution in [1.82, 2.24) is 14.9 Å². The molecule has 2 aromatic rings. The second-order valence-corrected chi connectivity index (χ2v) is 5.72. The van der Waals surface area contributed by atoms with Crippen LogP contribution in [0, 0.1) is 0 Å². The van der Waals surface area contributed by atoms with Gasteiger partial charge in [-0.1, -0.05) is 18.0 Å². The second kappa shape index (κ2) is 5.93. The van der Waals surface area contributed by atoms with Gasteiger partial charge in [0.15, 0.2) is 0 Å². The standard InChI is InChI=1S/C15H20ClN3/c16-15-13-11-12(18-14(13)6-7-17-15)5-4-10-19-8-2-1-3-9-19/h6-7,11,18H,1-5,8-10H2. The van der Waals surface area contributed by atoms with Crippen LogP contribution in [0.2, 0.25) is 5.15 Å². The van der Waals surface area contributed by atoms with Gasteiger partial charge in [-0.05, 0) is 57.5 Å². The summed E-state index contributed by atoms with van der Waals surface area (Å²) in [6.45, 7) is 3.77. The van der Waals surface area contributed by atoms with E-state index in [9.17, 15) is 0 Å². The summed E-state index contributed by atoms with van der Waals surface area (Å²) in [5, 5.41) is 1.63. The third-order valence-electron chi connectivity index (χ3n) is 3.92. The Morgan fingerprint density at radius 1 is 1.26 bits per heavy atom. The predicted molar refractivity (Wildman–Crippen MR) is 79.7 cm³/mol. The molecule has 3 rings (SSSR count). The summed E-state index contributed by atoms with van der Waals surface area (Å²) in [6.07, 6.45) is 8.18. The summed E-state index contributed by atoms with van der Waals surface area (Å²) in [6, 6.07) is 4.12. The van der Waals surface area contributed by atoms with E-state index in [1.54, 1.807) is 6.20 Å². The number of aromatic nitrogens is 2. The summed E-state index contributed by atoms with van der Waals surface area (Å²) in [5.74, 6) is 0. The van der Waals surface area contributed by atoms with Gasteiger partial charge in [-0.2, -0.15) is 0 Å². The highest BCUT2D eigenvalue weighted by atomic mass is 35.5. The minimum Gasteiger partial charge on any atom is -0.358 e. The minimum absolute atomic E-state index is 0.594. The number of hydrogen-bond acceptors (Lipinski definition) is 2. The van der Waals surface area contributed by atoms with Gasteiger partial charge in [0.1, 0.15) is 5.15 Å². The van der Waals surface area contributed by atoms with Crippen molar-refractivity contribution < 1.29 is 0 Å². The second-order valence-electron chi connectivity index (χ2n) is 5.36. The van der Waals surface area contributed by atoms with Crippen LogP contribution >= 0.6 is 11.6 Å². The van der Waals surface area contributed by atoms with Gasteiger partial charge < -0.3 is 9.88 Å². The van der Waals surface area contributed by atoms with E-state index < -0.39 is 0 Å². The lowest BCUT2D eigenvalue weighted by Crippen LogP contribution is -2.30. The van der Waals surface area contributed by atoms with E-state index in [0.717, 1.165) is 17.3 Å². The van der Waals surface area contributed by atoms with Gasteiger partial charge in [0.2, 0.25) is 0 Å². The number of pyridine rings is 1. The average molecular weight is 278 g/mol. The SMILES string of the molecule is Clc1nccc2[nH]c(CCCN3CCCCC3)cc12. The first-order chi connectivity index (χ1) is 9.33. The number of likely N-dealkylation sites (tertiary alicyclic amines) is 1. The van der Waals surface area contributed by atoms with Crippen molar-refractivity contribution in [3.05, 3.63) is 29.2 Å². The summed E-state index contributed by atoms with van der Waals surface area (Å²) in [4.78, 5) is 10.1. The molecule has 2 aromatic heterocycles. The maximum atomic E-state index is 6.09. The lowest BCUT2D eigenvalue weighted by atomic mass is 10.1. The number of H-pyrrole nitrogens is 1. The highest BCUT2D eigenvalue weighted by Crippen LogP contribution is 2.22. The average Bonchev–Trinajstić information content (AvgIpc) is 2.84. The Bertz CT molecular complexity index is 543. The van der Waals surface area contributed by atoms with Crippen LogP contribution in [-0.2, 0) is 6.42 Å². The molecule has 1 fully saturated rings. The molecule has 0 bridgehead atoms. The highest BCUT2D eigenvalue weighted by Gasteiger charge is 2.10. The van der Waals surface area contributed by atoms with Crippen molar-refractivity contribution in [2.75, 3.05) is 19.6 Å². The smallest absolute Gasteiger partial charge is 0.138 e. The number of fused-ring (bicyclic) bond motifs is 1. The number of aromatic amines is 1. The van der Waals surface area contributed by atoms with Gasteiger partial charge in [0.25, 0.3) is 0 Å². The van der Waals surface area contributed by atoms with E-state index in [4.69, 9.17) is 11.6 Å². The Balaban J connectivity index is 1.57. The van der Waals surface area contributed by atoms with Gasteiger partial charge in [-0.25, -0.2) is 4.98 Å². The van der Waals surface area contributed by atoms with Crippen LogP contribution in [0.15, 0.2) is 18.3 Å². The largest absolute Gasteiger partial charge is 0.358 e. The Morgan fingerprint density at radius 2 is 2.11 bits per heavy atom. The van der Waals surface area contributed by atoms with Crippen molar-refractivity contribution in [3.8, 4) is 0 Å². The quantitative estimate of drug-likeness (QED) is 0.866. The minimum atomic E-state index is 0.594. The third-order valence-corrected chi connectivity index (χ3v) is 4.23. The van der Waals surface area contributed by atoms with E-state index in [1.165, 1.54) is 51.0 Å². The Kier molecular flexibility index (Phi) is 4.04. The van der Waals surface area contributed by atoms with E-state index in [0.29, 0.717) is 5.15 Å². The maximum Gasteiger partial charge on any atom is 0.138 e. The molecule has 4 heteroatoms. The number of nitrogens with one attached hydrogen (secondary N) is 1. The third kappa shape index (κ3) is 3.10. The van der Waals surface area contributed by atoms with Crippen LogP contribution in [0.1, 0.15) is 31.4 Å². The molecule has 0 amide bonds. The molecule has 1 saturated heterocycles. The maximum absolute atomic E-state index is 6.09. The fourth-order valence-corrected chi connectivity index (χ4v) is 3.10. The first-order valence-electron chi connectivity index (χ1n) is 7.17. The molecule has 19 heavy (non-hydrogen) atoms. The number of nitrogens with zero attached hydrogens (tertiary/aromatic N) is 2. The normalized spacial score (nSPS) is 17.1. The fourth-order valence-electron chi connectivity index (χ4n) is 2.89. The van der Waals surface area contributed by atoms with Crippen LogP contribution < -0.4 is 0 Å². The van der Waals surface area contributed by atoms with Crippen molar-refractivity contribution in [2.45, 2.75) is 32.1 Å². The molecule has 0 aromatic carbocycles. The van der Waals surface area contributed by atoms with Crippen LogP contribution in [0.4, 0.5) is 0 Å². The molecule has 1 aliphatic heterocycles. The molecule has 0 atom stereocenters. The van der Waals surface area contributed by atoms with Crippen LogP contribution in [-0.4, -0.2) is 34.5 Å². The summed E-state index contributed by atoms with van der Waals surface area (Å²) in [5.41, 5.74) is 2.36. The van der Waals surface area contributed by atoms with Gasteiger partial charge in [-0.15, -0.1) is 0 Å². The van der Waals surface area contributed by atoms with Crippen molar-refractivity contribution >= 4 is 22.5 Å². The van der Waals surface area contributed by atoms with Gasteiger partial charge in [-0.3, -0.25) is 0 Å². The number of piperidine rings is 1. The first-order valence-corrected chi connectivity index (χ1v) is 7.55. The van der Waals surface area contributed by atoms with Gasteiger partial charge in [0, 0.05) is 17.3 Å². The molecule has 3 nitrogen and oxygen atoms in total. The van der Waals surface area contributed by atoms with Crippen molar-refractivity contribution in [2.24, 2.45) is 0 Å². The Morgan fingerprint density at radius 3 is 2.89 bits per heavy atom. The van der Waals surface area contributed by atoms with Crippen LogP contribution in [0.25, 0.3) is 10.9 Å². The van der Waals surface area contributed by atoms with E-state index in [-0.39, 0.29) is 0 Å². The van der Waals surface area contributed by atoms with Crippen molar-refractivity contribution in [3.63, 3.8) is 0 Å². The molecule has 3 heterocycles. The van der Waals surface area contributed by atoms with Gasteiger partial charge >= 0.3 is 0 Å². The molecule has 1 aliphatic rings. The summed E-state index contributed by atoms with van der Waals surface area (Å²) >= 11 is 6.09. The topological polar surface area (TPSA) is 31.9 Å². The molecule has 0 spiro atoms. The number of rotatable bonds is 4. The van der Waals surface area contributed by atoms with Crippen LogP contribution in [0.5, 0.6) is 0 Å². The lowest BCUT2D eigenvalue weighted by molar-refractivity contribution is 0.226. The fraction of sp³-hybridized carbons (Fsp3) is 0.533. The lowest BCUT2D eigenvalue weighted by Gasteiger charge is -2.26. The molecule has 0 unspecified atom stereocenters. The van der Waals surface area contributed by atoms with E-state index >= 15 is 0 Å². The zero-order valence-corrected chi connectivity index (χ0v) is 11.9. The Labute approximate surface area is 119 Å². The molecular weight excluding hydrogens is 258 g/mol. The first kappa shape index (κ1) is 12.9. The van der Waals surface area contributed by atoms with Gasteiger partial charge in [0.05, 0.1) is 5.52 Å². The highest BCUT2D eigenvalue weighted by molar-refractivity contribution is 6.34. The summed E-state index contributed by atoms with van der Waals surface area (Å²) < 4.78 is 0. The summed E-state index contributed by atoms with van der Waals surface area (Å²) in [7, 11) is 0. The zero-order chi connectivity index (χ0) is 13.1. The number of aryl methyl sites for hydroxylation is 1. The van der Waals surface area contributed by atoms with Crippen molar-refractivity contribution in [1.29, 1.82) is 0 Å². The van der Waals surface area contributed by atoms with Crippen LogP contribution in [0.3, 0.4) is 0 Å². The van der Waals surface area contributed by atoms with E-state index in [2.05, 4.69) is 20.9 Å². The zero-order valence-electron chi connectivity index (χ0n) is 11.2. The molecule has 1 N–H and O–H groups in total.